The van der Waals surface area contributed by atoms with Crippen LogP contribution in [0.15, 0.2) is 71.9 Å². The molecule has 0 saturated heterocycles. The molecule has 0 atom stereocenters. The number of pyridine rings is 1. The van der Waals surface area contributed by atoms with E-state index in [4.69, 9.17) is 4.74 Å². The summed E-state index contributed by atoms with van der Waals surface area (Å²) in [6.45, 7) is 0.501. The van der Waals surface area contributed by atoms with Gasteiger partial charge in [0.2, 0.25) is 0 Å². The minimum absolute atomic E-state index is 0.146. The first kappa shape index (κ1) is 23.5. The van der Waals surface area contributed by atoms with Crippen molar-refractivity contribution >= 4 is 34.0 Å². The fraction of sp³-hybridized carbons (Fsp3) is 0.154. The van der Waals surface area contributed by atoms with Crippen molar-refractivity contribution in [2.45, 2.75) is 0 Å². The number of hydrogen-bond acceptors (Lipinski definition) is 7. The average Bonchev–Trinajstić information content (AvgIpc) is 2.83. The molecule has 2 aromatic carbocycles. The molecular weight excluding hydrogens is 444 g/mol. The summed E-state index contributed by atoms with van der Waals surface area (Å²) in [4.78, 5) is 34.4. The first-order chi connectivity index (χ1) is 16.9. The van der Waals surface area contributed by atoms with Gasteiger partial charge in [0, 0.05) is 36.1 Å². The van der Waals surface area contributed by atoms with Crippen LogP contribution in [0.25, 0.3) is 10.9 Å². The fourth-order valence-electron chi connectivity index (χ4n) is 3.15. The topological polar surface area (TPSA) is 101 Å². The number of nitrogens with zero attached hydrogens (tertiary/aromatic N) is 4. The highest BCUT2D eigenvalue weighted by Gasteiger charge is 2.08. The van der Waals surface area contributed by atoms with Gasteiger partial charge in [0.15, 0.2) is 0 Å². The number of fused-ring (bicyclic) bond motifs is 1. The molecule has 4 aromatic rings. The number of amides is 1. The predicted octanol–water partition coefficient (Wildman–Crippen LogP) is 3.37. The van der Waals surface area contributed by atoms with Gasteiger partial charge < -0.3 is 19.9 Å². The zero-order chi connectivity index (χ0) is 24.8. The zero-order valence-corrected chi connectivity index (χ0v) is 19.6. The number of anilines is 3. The van der Waals surface area contributed by atoms with Crippen molar-refractivity contribution in [3.05, 3.63) is 77.5 Å². The lowest BCUT2D eigenvalue weighted by atomic mass is 10.2. The van der Waals surface area contributed by atoms with Crippen LogP contribution in [0.3, 0.4) is 0 Å². The lowest BCUT2D eigenvalue weighted by Gasteiger charge is -2.11. The maximum absolute atomic E-state index is 12.1. The smallest absolute Gasteiger partial charge is 0.300 e. The van der Waals surface area contributed by atoms with E-state index in [1.165, 1.54) is 17.0 Å². The number of benzene rings is 2. The van der Waals surface area contributed by atoms with Crippen LogP contribution in [0.4, 0.5) is 17.2 Å². The Labute approximate surface area is 202 Å². The number of carbonyl (C=O) groups excluding carboxylic acids is 1. The van der Waals surface area contributed by atoms with Crippen molar-refractivity contribution in [3.63, 3.8) is 0 Å². The molecule has 0 radical (unpaired) electrons. The molecule has 0 saturated carbocycles. The maximum atomic E-state index is 12.1. The van der Waals surface area contributed by atoms with E-state index in [2.05, 4.69) is 32.4 Å². The van der Waals surface area contributed by atoms with Crippen molar-refractivity contribution in [1.29, 1.82) is 0 Å². The van der Waals surface area contributed by atoms with Gasteiger partial charge >= 0.3 is 0 Å². The number of hydrogen-bond donors (Lipinski definition) is 2. The van der Waals surface area contributed by atoms with Crippen LogP contribution in [-0.4, -0.2) is 46.0 Å². The SMILES string of the molecule is CN(C)CC#CC(=O)Nc1ccc2ncnc(Nc3ccc(Oc4ccn(C)c(=O)c4)cc3)c2c1. The van der Waals surface area contributed by atoms with Crippen LogP contribution in [-0.2, 0) is 11.8 Å². The molecule has 0 bridgehead atoms. The molecule has 0 aliphatic heterocycles. The zero-order valence-electron chi connectivity index (χ0n) is 19.6. The minimum Gasteiger partial charge on any atom is -0.457 e. The summed E-state index contributed by atoms with van der Waals surface area (Å²) >= 11 is 0. The third-order valence-corrected chi connectivity index (χ3v) is 4.92. The molecule has 1 amide bonds. The summed E-state index contributed by atoms with van der Waals surface area (Å²) in [6.07, 6.45) is 3.13. The Morgan fingerprint density at radius 1 is 1.03 bits per heavy atom. The third-order valence-electron chi connectivity index (χ3n) is 4.92. The van der Waals surface area contributed by atoms with Crippen LogP contribution < -0.4 is 20.9 Å². The molecule has 2 heterocycles. The molecule has 2 N–H and O–H groups in total. The highest BCUT2D eigenvalue weighted by Crippen LogP contribution is 2.27. The minimum atomic E-state index is -0.385. The fourth-order valence-corrected chi connectivity index (χ4v) is 3.15. The number of ether oxygens (including phenoxy) is 1. The molecule has 0 spiro atoms. The van der Waals surface area contributed by atoms with Gasteiger partial charge in [-0.3, -0.25) is 14.5 Å². The summed E-state index contributed by atoms with van der Waals surface area (Å²) in [6, 6.07) is 15.8. The van der Waals surface area contributed by atoms with Gasteiger partial charge in [0.1, 0.15) is 23.6 Å². The molecule has 2 aromatic heterocycles. The average molecular weight is 469 g/mol. The largest absolute Gasteiger partial charge is 0.457 e. The number of aryl methyl sites for hydroxylation is 1. The van der Waals surface area contributed by atoms with E-state index in [1.54, 1.807) is 43.6 Å². The van der Waals surface area contributed by atoms with Crippen molar-refractivity contribution in [2.75, 3.05) is 31.3 Å². The number of nitrogens with one attached hydrogen (secondary N) is 2. The summed E-state index contributed by atoms with van der Waals surface area (Å²) in [5, 5.41) is 6.80. The molecule has 176 valence electrons. The van der Waals surface area contributed by atoms with E-state index in [9.17, 15) is 9.59 Å². The molecule has 0 fully saturated rings. The van der Waals surface area contributed by atoms with Crippen molar-refractivity contribution in [1.82, 2.24) is 19.4 Å². The van der Waals surface area contributed by atoms with Gasteiger partial charge in [-0.05, 0) is 68.5 Å². The Balaban J connectivity index is 1.49. The van der Waals surface area contributed by atoms with Crippen molar-refractivity contribution < 1.29 is 9.53 Å². The Kier molecular flexibility index (Phi) is 7.04. The van der Waals surface area contributed by atoms with Gasteiger partial charge in [-0.1, -0.05) is 5.92 Å². The van der Waals surface area contributed by atoms with Crippen LogP contribution in [0.2, 0.25) is 0 Å². The van der Waals surface area contributed by atoms with Gasteiger partial charge in [-0.15, -0.1) is 0 Å². The van der Waals surface area contributed by atoms with Crippen LogP contribution in [0.5, 0.6) is 11.5 Å². The summed E-state index contributed by atoms with van der Waals surface area (Å²) in [5.74, 6) is 6.65. The van der Waals surface area contributed by atoms with E-state index in [1.807, 2.05) is 37.2 Å². The predicted molar refractivity (Wildman–Crippen MR) is 136 cm³/mol. The van der Waals surface area contributed by atoms with E-state index in [0.29, 0.717) is 29.5 Å². The Hall–Kier alpha value is -4.68. The summed E-state index contributed by atoms with van der Waals surface area (Å²) in [5.41, 5.74) is 1.96. The van der Waals surface area contributed by atoms with E-state index < -0.39 is 0 Å². The molecule has 9 nitrogen and oxygen atoms in total. The van der Waals surface area contributed by atoms with Gasteiger partial charge in [0.05, 0.1) is 12.1 Å². The Morgan fingerprint density at radius 2 is 1.80 bits per heavy atom. The van der Waals surface area contributed by atoms with E-state index >= 15 is 0 Å². The second-order valence-corrected chi connectivity index (χ2v) is 8.01. The molecule has 9 heteroatoms. The van der Waals surface area contributed by atoms with Crippen LogP contribution in [0, 0.1) is 11.8 Å². The number of carbonyl (C=O) groups is 1. The van der Waals surface area contributed by atoms with E-state index in [-0.39, 0.29) is 11.5 Å². The molecule has 0 unspecified atom stereocenters. The second kappa shape index (κ2) is 10.5. The van der Waals surface area contributed by atoms with Crippen LogP contribution >= 0.6 is 0 Å². The molecule has 0 aliphatic carbocycles. The maximum Gasteiger partial charge on any atom is 0.300 e. The Bertz CT molecular complexity index is 1480. The summed E-state index contributed by atoms with van der Waals surface area (Å²) in [7, 11) is 5.45. The highest BCUT2D eigenvalue weighted by atomic mass is 16.5. The lowest BCUT2D eigenvalue weighted by molar-refractivity contribution is -0.111. The number of aromatic nitrogens is 3. The molecular formula is C26H24N6O3. The van der Waals surface area contributed by atoms with E-state index in [0.717, 1.165) is 16.6 Å². The third kappa shape index (κ3) is 6.22. The van der Waals surface area contributed by atoms with Crippen LogP contribution in [0.1, 0.15) is 0 Å². The first-order valence-electron chi connectivity index (χ1n) is 10.8. The first-order valence-corrected chi connectivity index (χ1v) is 10.8. The molecule has 0 aliphatic rings. The quantitative estimate of drug-likeness (QED) is 0.419. The standard InChI is InChI=1S/C26H24N6O3/c1-31(2)13-4-5-24(33)29-19-8-11-23-22(15-19)26(28-17-27-23)30-18-6-9-20(10-7-18)35-21-12-14-32(3)25(34)16-21/h6-12,14-17H,13H2,1-3H3,(H,29,33)(H,27,28,30). The van der Waals surface area contributed by atoms with Gasteiger partial charge in [-0.2, -0.15) is 0 Å². The second-order valence-electron chi connectivity index (χ2n) is 8.01. The Morgan fingerprint density at radius 3 is 2.54 bits per heavy atom. The molecule has 35 heavy (non-hydrogen) atoms. The van der Waals surface area contributed by atoms with Crippen molar-refractivity contribution in [2.24, 2.45) is 7.05 Å². The highest BCUT2D eigenvalue weighted by molar-refractivity contribution is 6.05. The van der Waals surface area contributed by atoms with Gasteiger partial charge in [-0.25, -0.2) is 9.97 Å². The monoisotopic (exact) mass is 468 g/mol. The summed E-state index contributed by atoms with van der Waals surface area (Å²) < 4.78 is 7.24. The number of rotatable bonds is 6. The van der Waals surface area contributed by atoms with Gasteiger partial charge in [0.25, 0.3) is 11.5 Å². The normalized spacial score (nSPS) is 10.5. The van der Waals surface area contributed by atoms with Crippen molar-refractivity contribution in [3.8, 4) is 23.3 Å². The molecule has 4 rings (SSSR count). The lowest BCUT2D eigenvalue weighted by Crippen LogP contribution is -2.13.